The zero-order valence-corrected chi connectivity index (χ0v) is 18.3. The van der Waals surface area contributed by atoms with Crippen LogP contribution in [0.25, 0.3) is 10.6 Å². The van der Waals surface area contributed by atoms with Crippen LogP contribution in [0.3, 0.4) is 0 Å². The third kappa shape index (κ3) is 5.09. The Balaban J connectivity index is 1.31. The van der Waals surface area contributed by atoms with Crippen molar-refractivity contribution in [2.24, 2.45) is 0 Å². The minimum atomic E-state index is 0.398. The Kier molecular flexibility index (Phi) is 6.81. The van der Waals surface area contributed by atoms with Crippen LogP contribution >= 0.6 is 11.3 Å². The Morgan fingerprint density at radius 2 is 2.03 bits per heavy atom. The first-order chi connectivity index (χ1) is 14.7. The number of ether oxygens (including phenoxy) is 2. The zero-order chi connectivity index (χ0) is 20.8. The van der Waals surface area contributed by atoms with Crippen LogP contribution in [-0.4, -0.2) is 47.7 Å². The number of benzene rings is 1. The van der Waals surface area contributed by atoms with Crippen LogP contribution in [0.15, 0.2) is 48.0 Å². The molecule has 2 aromatic heterocycles. The van der Waals surface area contributed by atoms with Crippen molar-refractivity contribution >= 4 is 17.3 Å². The second-order valence-electron chi connectivity index (χ2n) is 7.36. The summed E-state index contributed by atoms with van der Waals surface area (Å²) in [7, 11) is 1.68. The fourth-order valence-electron chi connectivity index (χ4n) is 3.75. The Bertz CT molecular complexity index is 940. The second-order valence-corrected chi connectivity index (χ2v) is 8.30. The third-order valence-electron chi connectivity index (χ3n) is 5.28. The predicted octanol–water partition coefficient (Wildman–Crippen LogP) is 4.69. The van der Waals surface area contributed by atoms with Crippen LogP contribution in [-0.2, 0) is 6.54 Å². The summed E-state index contributed by atoms with van der Waals surface area (Å²) in [6.07, 6.45) is 3.97. The van der Waals surface area contributed by atoms with Crippen LogP contribution in [0.4, 0.5) is 5.95 Å². The summed E-state index contributed by atoms with van der Waals surface area (Å²) < 4.78 is 11.1. The number of anilines is 1. The molecule has 0 saturated carbocycles. The van der Waals surface area contributed by atoms with Crippen molar-refractivity contribution in [2.75, 3.05) is 32.1 Å². The molecular weight excluding hydrogens is 396 g/mol. The summed E-state index contributed by atoms with van der Waals surface area (Å²) in [5.74, 6) is 2.32. The van der Waals surface area contributed by atoms with E-state index in [0.717, 1.165) is 55.6 Å². The molecule has 0 aliphatic carbocycles. The molecule has 1 aromatic carbocycles. The normalized spacial score (nSPS) is 15.1. The molecule has 0 unspecified atom stereocenters. The maximum absolute atomic E-state index is 5.71. The van der Waals surface area contributed by atoms with Gasteiger partial charge in [0.15, 0.2) is 11.5 Å². The molecule has 4 rings (SSSR count). The van der Waals surface area contributed by atoms with Gasteiger partial charge in [0.1, 0.15) is 0 Å². The van der Waals surface area contributed by atoms with Gasteiger partial charge in [-0.05, 0) is 55.0 Å². The summed E-state index contributed by atoms with van der Waals surface area (Å²) in [5, 5.41) is 5.60. The number of rotatable bonds is 8. The molecule has 0 atom stereocenters. The van der Waals surface area contributed by atoms with E-state index in [1.807, 2.05) is 31.3 Å². The third-order valence-corrected chi connectivity index (χ3v) is 6.18. The van der Waals surface area contributed by atoms with Gasteiger partial charge >= 0.3 is 0 Å². The van der Waals surface area contributed by atoms with E-state index in [1.165, 1.54) is 10.4 Å². The van der Waals surface area contributed by atoms with E-state index < -0.39 is 0 Å². The second kappa shape index (κ2) is 9.91. The van der Waals surface area contributed by atoms with Gasteiger partial charge in [0.2, 0.25) is 5.95 Å². The van der Waals surface area contributed by atoms with E-state index in [1.54, 1.807) is 18.4 Å². The summed E-state index contributed by atoms with van der Waals surface area (Å²) >= 11 is 1.70. The van der Waals surface area contributed by atoms with Gasteiger partial charge in [-0.1, -0.05) is 12.1 Å². The van der Waals surface area contributed by atoms with Crippen molar-refractivity contribution in [3.8, 4) is 22.1 Å². The standard InChI is InChI=1S/C23H28N4O2S/c1-3-29-21-15-17(6-7-20(21)28-2)16-27-12-9-18(10-13-27)25-23-24-11-8-19(26-23)22-5-4-14-30-22/h4-8,11,14-15,18H,3,9-10,12-13,16H2,1-2H3,(H,24,25,26). The number of thiophene rings is 1. The number of nitrogens with one attached hydrogen (secondary N) is 1. The lowest BCUT2D eigenvalue weighted by Gasteiger charge is -2.32. The topological polar surface area (TPSA) is 59.5 Å². The number of aromatic nitrogens is 2. The highest BCUT2D eigenvalue weighted by atomic mass is 32.1. The van der Waals surface area contributed by atoms with Crippen LogP contribution < -0.4 is 14.8 Å². The molecular formula is C23H28N4O2S. The van der Waals surface area contributed by atoms with Crippen LogP contribution in [0.2, 0.25) is 0 Å². The average molecular weight is 425 g/mol. The molecule has 0 bridgehead atoms. The minimum absolute atomic E-state index is 0.398. The van der Waals surface area contributed by atoms with E-state index in [2.05, 4.69) is 43.8 Å². The number of piperidine rings is 1. The van der Waals surface area contributed by atoms with Crippen molar-refractivity contribution in [1.82, 2.24) is 14.9 Å². The number of methoxy groups -OCH3 is 1. The summed E-state index contributed by atoms with van der Waals surface area (Å²) in [6, 6.07) is 12.7. The molecule has 0 spiro atoms. The highest BCUT2D eigenvalue weighted by Gasteiger charge is 2.20. The van der Waals surface area contributed by atoms with Gasteiger partial charge < -0.3 is 14.8 Å². The molecule has 1 fully saturated rings. The first-order valence-corrected chi connectivity index (χ1v) is 11.3. The monoisotopic (exact) mass is 424 g/mol. The lowest BCUT2D eigenvalue weighted by Crippen LogP contribution is -2.39. The van der Waals surface area contributed by atoms with Gasteiger partial charge in [-0.2, -0.15) is 0 Å². The molecule has 1 N–H and O–H groups in total. The number of hydrogen-bond acceptors (Lipinski definition) is 7. The Morgan fingerprint density at radius 3 is 2.77 bits per heavy atom. The molecule has 158 valence electrons. The highest BCUT2D eigenvalue weighted by molar-refractivity contribution is 7.13. The molecule has 3 aromatic rings. The van der Waals surface area contributed by atoms with E-state index in [-0.39, 0.29) is 0 Å². The molecule has 1 aliphatic heterocycles. The van der Waals surface area contributed by atoms with Crippen LogP contribution in [0.5, 0.6) is 11.5 Å². The quantitative estimate of drug-likeness (QED) is 0.566. The van der Waals surface area contributed by atoms with Crippen molar-refractivity contribution in [3.63, 3.8) is 0 Å². The lowest BCUT2D eigenvalue weighted by molar-refractivity contribution is 0.210. The molecule has 0 radical (unpaired) electrons. The fourth-order valence-corrected chi connectivity index (χ4v) is 4.45. The van der Waals surface area contributed by atoms with Gasteiger partial charge in [-0.15, -0.1) is 11.3 Å². The zero-order valence-electron chi connectivity index (χ0n) is 17.5. The SMILES string of the molecule is CCOc1cc(CN2CCC(Nc3nccc(-c4cccs4)n3)CC2)ccc1OC. The van der Waals surface area contributed by atoms with Gasteiger partial charge in [-0.3, -0.25) is 4.90 Å². The smallest absolute Gasteiger partial charge is 0.223 e. The maximum atomic E-state index is 5.71. The van der Waals surface area contributed by atoms with Gasteiger partial charge in [-0.25, -0.2) is 9.97 Å². The largest absolute Gasteiger partial charge is 0.493 e. The first-order valence-electron chi connectivity index (χ1n) is 10.4. The molecule has 1 saturated heterocycles. The van der Waals surface area contributed by atoms with E-state index >= 15 is 0 Å². The number of likely N-dealkylation sites (tertiary alicyclic amines) is 1. The van der Waals surface area contributed by atoms with Crippen LogP contribution in [0.1, 0.15) is 25.3 Å². The summed E-state index contributed by atoms with van der Waals surface area (Å²) in [5.41, 5.74) is 2.22. The van der Waals surface area contributed by atoms with Crippen molar-refractivity contribution in [2.45, 2.75) is 32.4 Å². The minimum Gasteiger partial charge on any atom is -0.493 e. The number of hydrogen-bond donors (Lipinski definition) is 1. The Morgan fingerprint density at radius 1 is 1.17 bits per heavy atom. The molecule has 3 heterocycles. The van der Waals surface area contributed by atoms with E-state index in [9.17, 15) is 0 Å². The Hall–Kier alpha value is -2.64. The van der Waals surface area contributed by atoms with Crippen molar-refractivity contribution in [1.29, 1.82) is 0 Å². The molecule has 1 aliphatic rings. The predicted molar refractivity (Wildman–Crippen MR) is 121 cm³/mol. The molecule has 7 heteroatoms. The first kappa shape index (κ1) is 20.6. The molecule has 30 heavy (non-hydrogen) atoms. The lowest BCUT2D eigenvalue weighted by atomic mass is 10.0. The van der Waals surface area contributed by atoms with E-state index in [4.69, 9.17) is 9.47 Å². The average Bonchev–Trinajstić information content (AvgIpc) is 3.31. The highest BCUT2D eigenvalue weighted by Crippen LogP contribution is 2.29. The van der Waals surface area contributed by atoms with Crippen LogP contribution in [0, 0.1) is 0 Å². The molecule has 0 amide bonds. The molecule has 6 nitrogen and oxygen atoms in total. The van der Waals surface area contributed by atoms with E-state index in [0.29, 0.717) is 12.6 Å². The summed E-state index contributed by atoms with van der Waals surface area (Å²) in [4.78, 5) is 12.8. The van der Waals surface area contributed by atoms with Gasteiger partial charge in [0.25, 0.3) is 0 Å². The maximum Gasteiger partial charge on any atom is 0.223 e. The number of nitrogens with zero attached hydrogens (tertiary/aromatic N) is 3. The van der Waals surface area contributed by atoms with Gasteiger partial charge in [0.05, 0.1) is 24.3 Å². The van der Waals surface area contributed by atoms with Crippen molar-refractivity contribution in [3.05, 3.63) is 53.5 Å². The van der Waals surface area contributed by atoms with Crippen molar-refractivity contribution < 1.29 is 9.47 Å². The Labute approximate surface area is 181 Å². The van der Waals surface area contributed by atoms with Gasteiger partial charge in [0, 0.05) is 31.9 Å². The fraction of sp³-hybridized carbons (Fsp3) is 0.391. The summed E-state index contributed by atoms with van der Waals surface area (Å²) in [6.45, 7) is 5.62.